The normalized spacial score (nSPS) is 32.9. The van der Waals surface area contributed by atoms with Crippen molar-refractivity contribution >= 4 is 5.71 Å². The van der Waals surface area contributed by atoms with Crippen LogP contribution in [-0.2, 0) is 0 Å². The van der Waals surface area contributed by atoms with E-state index in [0.29, 0.717) is 17.8 Å². The minimum Gasteiger partial charge on any atom is -0.411 e. The zero-order valence-electron chi connectivity index (χ0n) is 10.4. The molecule has 0 amide bonds. The molecule has 16 heavy (non-hydrogen) atoms. The van der Waals surface area contributed by atoms with Crippen molar-refractivity contribution in [2.24, 2.45) is 28.8 Å². The van der Waals surface area contributed by atoms with Crippen molar-refractivity contribution in [3.63, 3.8) is 0 Å². The predicted octanol–water partition coefficient (Wildman–Crippen LogP) is 3.86. The van der Waals surface area contributed by atoms with Gasteiger partial charge in [0.15, 0.2) is 0 Å². The molecule has 0 radical (unpaired) electrons. The fraction of sp³-hybridized carbons (Fsp3) is 0.786. The number of allylic oxidation sites excluding steroid dienone is 2. The summed E-state index contributed by atoms with van der Waals surface area (Å²) in [5.41, 5.74) is 1.06. The third-order valence-electron chi connectivity index (χ3n) is 4.49. The maximum Gasteiger partial charge on any atom is 0.0610 e. The first-order chi connectivity index (χ1) is 7.78. The molecule has 2 heteroatoms. The van der Waals surface area contributed by atoms with Crippen molar-refractivity contribution in [3.8, 4) is 0 Å². The first-order valence-corrected chi connectivity index (χ1v) is 6.67. The highest BCUT2D eigenvalue weighted by atomic mass is 16.4. The Morgan fingerprint density at radius 3 is 2.50 bits per heavy atom. The Kier molecular flexibility index (Phi) is 3.67. The molecule has 0 aromatic heterocycles. The summed E-state index contributed by atoms with van der Waals surface area (Å²) in [6.45, 7) is 4.45. The van der Waals surface area contributed by atoms with Gasteiger partial charge in [-0.2, -0.15) is 0 Å². The minimum absolute atomic E-state index is 0.528. The molecule has 0 spiro atoms. The number of rotatable bonds is 5. The van der Waals surface area contributed by atoms with Gasteiger partial charge in [0.05, 0.1) is 5.71 Å². The molecule has 1 N–H and O–H groups in total. The molecule has 2 nitrogen and oxygen atoms in total. The van der Waals surface area contributed by atoms with Crippen molar-refractivity contribution < 1.29 is 5.21 Å². The predicted molar refractivity (Wildman–Crippen MR) is 66.8 cm³/mol. The van der Waals surface area contributed by atoms with Crippen LogP contribution in [0.2, 0.25) is 0 Å². The van der Waals surface area contributed by atoms with Crippen LogP contribution in [0.15, 0.2) is 17.3 Å². The highest BCUT2D eigenvalue weighted by Crippen LogP contribution is 2.45. The standard InChI is InChI=1S/C14H23NO/c1-3-10(4-2)9-14(15-16)13-8-11-5-6-12(13)7-11/h5-6,10-13,16H,3-4,7-9H2,1-2H3/b15-14-. The third-order valence-corrected chi connectivity index (χ3v) is 4.49. The van der Waals surface area contributed by atoms with E-state index in [2.05, 4.69) is 31.2 Å². The summed E-state index contributed by atoms with van der Waals surface area (Å²) in [5, 5.41) is 12.8. The molecule has 3 atom stereocenters. The fourth-order valence-corrected chi connectivity index (χ4v) is 3.30. The van der Waals surface area contributed by atoms with Crippen molar-refractivity contribution in [2.45, 2.75) is 46.0 Å². The second-order valence-corrected chi connectivity index (χ2v) is 5.36. The van der Waals surface area contributed by atoms with Crippen molar-refractivity contribution in [2.75, 3.05) is 0 Å². The van der Waals surface area contributed by atoms with Crippen LogP contribution in [0, 0.1) is 23.7 Å². The number of fused-ring (bicyclic) bond motifs is 2. The minimum atomic E-state index is 0.528. The monoisotopic (exact) mass is 221 g/mol. The van der Waals surface area contributed by atoms with Gasteiger partial charge in [0.2, 0.25) is 0 Å². The highest BCUT2D eigenvalue weighted by molar-refractivity contribution is 5.87. The zero-order valence-corrected chi connectivity index (χ0v) is 10.4. The molecule has 0 aliphatic heterocycles. The molecule has 2 aliphatic rings. The van der Waals surface area contributed by atoms with E-state index in [1.807, 2.05) is 0 Å². The number of nitrogens with zero attached hydrogens (tertiary/aromatic N) is 1. The van der Waals surface area contributed by atoms with Crippen LogP contribution in [0.3, 0.4) is 0 Å². The second-order valence-electron chi connectivity index (χ2n) is 5.36. The number of hydrogen-bond donors (Lipinski definition) is 1. The van der Waals surface area contributed by atoms with E-state index < -0.39 is 0 Å². The maximum absolute atomic E-state index is 9.22. The summed E-state index contributed by atoms with van der Waals surface area (Å²) in [4.78, 5) is 0. The highest BCUT2D eigenvalue weighted by Gasteiger charge is 2.38. The lowest BCUT2D eigenvalue weighted by Crippen LogP contribution is -2.21. The molecule has 2 bridgehead atoms. The molecule has 3 unspecified atom stereocenters. The van der Waals surface area contributed by atoms with Crippen molar-refractivity contribution in [3.05, 3.63) is 12.2 Å². The smallest absolute Gasteiger partial charge is 0.0610 e. The van der Waals surface area contributed by atoms with E-state index in [-0.39, 0.29) is 0 Å². The van der Waals surface area contributed by atoms with Crippen LogP contribution in [-0.4, -0.2) is 10.9 Å². The average molecular weight is 221 g/mol. The van der Waals surface area contributed by atoms with Crippen LogP contribution in [0.1, 0.15) is 46.0 Å². The Balaban J connectivity index is 1.98. The SMILES string of the molecule is CCC(CC)C/C(=N/O)C1CC2C=CC1C2. The molecule has 0 saturated heterocycles. The van der Waals surface area contributed by atoms with Gasteiger partial charge >= 0.3 is 0 Å². The molecule has 0 aromatic rings. The summed E-state index contributed by atoms with van der Waals surface area (Å²) in [5.74, 6) is 2.63. The maximum atomic E-state index is 9.22. The van der Waals surface area contributed by atoms with Gasteiger partial charge in [0.1, 0.15) is 0 Å². The van der Waals surface area contributed by atoms with Gasteiger partial charge in [-0.25, -0.2) is 0 Å². The molecule has 1 saturated carbocycles. The number of oxime groups is 1. The van der Waals surface area contributed by atoms with E-state index in [1.54, 1.807) is 0 Å². The summed E-state index contributed by atoms with van der Waals surface area (Å²) in [6.07, 6.45) is 10.5. The van der Waals surface area contributed by atoms with E-state index in [0.717, 1.165) is 18.1 Å². The average Bonchev–Trinajstić information content (AvgIpc) is 2.93. The van der Waals surface area contributed by atoms with Crippen LogP contribution < -0.4 is 0 Å². The Bertz CT molecular complexity index is 291. The Hall–Kier alpha value is -0.790. The summed E-state index contributed by atoms with van der Waals surface area (Å²) >= 11 is 0. The topological polar surface area (TPSA) is 32.6 Å². The molecule has 2 aliphatic carbocycles. The lowest BCUT2D eigenvalue weighted by Gasteiger charge is -2.22. The molecular formula is C14H23NO. The van der Waals surface area contributed by atoms with Gasteiger partial charge in [-0.3, -0.25) is 0 Å². The Morgan fingerprint density at radius 1 is 1.31 bits per heavy atom. The van der Waals surface area contributed by atoms with Gasteiger partial charge in [0, 0.05) is 5.92 Å². The Labute approximate surface area is 98.4 Å². The summed E-state index contributed by atoms with van der Waals surface area (Å²) in [7, 11) is 0. The first kappa shape index (κ1) is 11.7. The van der Waals surface area contributed by atoms with E-state index in [4.69, 9.17) is 0 Å². The van der Waals surface area contributed by atoms with Crippen LogP contribution in [0.4, 0.5) is 0 Å². The van der Waals surface area contributed by atoms with E-state index in [9.17, 15) is 5.21 Å². The van der Waals surface area contributed by atoms with E-state index in [1.165, 1.54) is 25.7 Å². The van der Waals surface area contributed by atoms with Crippen LogP contribution in [0.5, 0.6) is 0 Å². The van der Waals surface area contributed by atoms with Crippen molar-refractivity contribution in [1.29, 1.82) is 0 Å². The summed E-state index contributed by atoms with van der Waals surface area (Å²) < 4.78 is 0. The molecule has 0 heterocycles. The molecule has 1 fully saturated rings. The van der Waals surface area contributed by atoms with Gasteiger partial charge < -0.3 is 5.21 Å². The zero-order chi connectivity index (χ0) is 11.5. The second kappa shape index (κ2) is 5.03. The first-order valence-electron chi connectivity index (χ1n) is 6.67. The largest absolute Gasteiger partial charge is 0.411 e. The lowest BCUT2D eigenvalue weighted by atomic mass is 9.83. The number of hydrogen-bond acceptors (Lipinski definition) is 2. The lowest BCUT2D eigenvalue weighted by molar-refractivity contribution is 0.308. The van der Waals surface area contributed by atoms with Gasteiger partial charge in [-0.15, -0.1) is 0 Å². The molecular weight excluding hydrogens is 198 g/mol. The van der Waals surface area contributed by atoms with Gasteiger partial charge in [-0.05, 0) is 37.0 Å². The quantitative estimate of drug-likeness (QED) is 0.325. The van der Waals surface area contributed by atoms with Gasteiger partial charge in [-0.1, -0.05) is 44.0 Å². The third kappa shape index (κ3) is 2.16. The van der Waals surface area contributed by atoms with Crippen LogP contribution in [0.25, 0.3) is 0 Å². The molecule has 2 rings (SSSR count). The molecule has 90 valence electrons. The summed E-state index contributed by atoms with van der Waals surface area (Å²) in [6, 6.07) is 0. The van der Waals surface area contributed by atoms with Gasteiger partial charge in [0.25, 0.3) is 0 Å². The van der Waals surface area contributed by atoms with Crippen molar-refractivity contribution in [1.82, 2.24) is 0 Å². The Morgan fingerprint density at radius 2 is 2.06 bits per heavy atom. The van der Waals surface area contributed by atoms with E-state index >= 15 is 0 Å². The fourth-order valence-electron chi connectivity index (χ4n) is 3.30. The van der Waals surface area contributed by atoms with Crippen LogP contribution >= 0.6 is 0 Å². The molecule has 0 aromatic carbocycles.